The van der Waals surface area contributed by atoms with Crippen molar-refractivity contribution in [2.45, 2.75) is 6.92 Å². The van der Waals surface area contributed by atoms with E-state index in [4.69, 9.17) is 9.84 Å². The summed E-state index contributed by atoms with van der Waals surface area (Å²) in [5, 5.41) is 11.4. The lowest BCUT2D eigenvalue weighted by Gasteiger charge is -2.05. The molecule has 0 atom stereocenters. The summed E-state index contributed by atoms with van der Waals surface area (Å²) >= 11 is 0. The molecule has 4 aromatic rings. The predicted octanol–water partition coefficient (Wildman–Crippen LogP) is 3.74. The first kappa shape index (κ1) is 23.4. The van der Waals surface area contributed by atoms with Crippen LogP contribution in [0.5, 0.6) is 5.75 Å². The van der Waals surface area contributed by atoms with Gasteiger partial charge in [-0.2, -0.15) is 10.2 Å². The van der Waals surface area contributed by atoms with Gasteiger partial charge in [-0.05, 0) is 55.5 Å². The molecule has 0 spiro atoms. The number of aryl methyl sites for hydroxylation is 1. The smallest absolute Gasteiger partial charge is 0.259 e. The van der Waals surface area contributed by atoms with Crippen molar-refractivity contribution in [1.29, 1.82) is 0 Å². The number of hydrogen-bond acceptors (Lipinski definition) is 5. The molecule has 0 saturated heterocycles. The first-order valence-electron chi connectivity index (χ1n) is 11.0. The van der Waals surface area contributed by atoms with Gasteiger partial charge in [0.1, 0.15) is 11.4 Å². The Kier molecular flexibility index (Phi) is 7.32. The zero-order valence-corrected chi connectivity index (χ0v) is 19.4. The van der Waals surface area contributed by atoms with Crippen LogP contribution >= 0.6 is 0 Å². The normalized spacial score (nSPS) is 10.8. The van der Waals surface area contributed by atoms with Gasteiger partial charge < -0.3 is 10.1 Å². The first-order chi connectivity index (χ1) is 17.0. The number of rotatable bonds is 8. The summed E-state index contributed by atoms with van der Waals surface area (Å²) in [5.74, 6) is -0.0195. The maximum absolute atomic E-state index is 12.2. The minimum atomic E-state index is -0.441. The number of hydrogen-bond donors (Lipinski definition) is 2. The molecule has 0 aliphatic carbocycles. The first-order valence-corrected chi connectivity index (χ1v) is 11.0. The van der Waals surface area contributed by atoms with Crippen LogP contribution in [-0.4, -0.2) is 41.5 Å². The summed E-state index contributed by atoms with van der Waals surface area (Å²) in [6.45, 7) is 1.71. The monoisotopic (exact) mass is 467 g/mol. The van der Waals surface area contributed by atoms with E-state index < -0.39 is 5.91 Å². The van der Waals surface area contributed by atoms with E-state index in [1.54, 1.807) is 30.0 Å². The van der Waals surface area contributed by atoms with Gasteiger partial charge in [0.2, 0.25) is 0 Å². The average molecular weight is 468 g/mol. The quantitative estimate of drug-likeness (QED) is 0.305. The number of benzene rings is 3. The highest BCUT2D eigenvalue weighted by Gasteiger charge is 2.12. The Balaban J connectivity index is 1.46. The molecule has 4 rings (SSSR count). The molecule has 35 heavy (non-hydrogen) atoms. The number of aromatic nitrogens is 2. The van der Waals surface area contributed by atoms with E-state index in [0.717, 1.165) is 22.6 Å². The number of carbonyl (C=O) groups is 2. The van der Waals surface area contributed by atoms with E-state index in [1.807, 2.05) is 73.8 Å². The van der Waals surface area contributed by atoms with Gasteiger partial charge in [-0.3, -0.25) is 9.59 Å². The molecule has 8 nitrogen and oxygen atoms in total. The van der Waals surface area contributed by atoms with Crippen molar-refractivity contribution in [3.63, 3.8) is 0 Å². The van der Waals surface area contributed by atoms with Gasteiger partial charge in [0.15, 0.2) is 0 Å². The molecule has 0 fully saturated rings. The standard InChI is InChI=1S/C27H25N5O3/c1-19-7-6-8-21(15-19)27(34)28-17-25(33)30-29-16-22-18-32(23-9-4-3-5-10-23)31-26(22)20-11-13-24(35-2)14-12-20/h3-16,18H,17H2,1-2H3,(H,28,34)(H,30,33)/b29-16+. The van der Waals surface area contributed by atoms with Crippen LogP contribution in [0.25, 0.3) is 16.9 Å². The Bertz CT molecular complexity index is 1350. The van der Waals surface area contributed by atoms with Gasteiger partial charge in [0, 0.05) is 22.9 Å². The largest absolute Gasteiger partial charge is 0.497 e. The summed E-state index contributed by atoms with van der Waals surface area (Å²) in [6.07, 6.45) is 3.37. The number of amides is 2. The van der Waals surface area contributed by atoms with E-state index in [-0.39, 0.29) is 12.5 Å². The lowest BCUT2D eigenvalue weighted by molar-refractivity contribution is -0.120. The Morgan fingerprint density at radius 1 is 1.03 bits per heavy atom. The van der Waals surface area contributed by atoms with E-state index in [9.17, 15) is 9.59 Å². The molecule has 8 heteroatoms. The van der Waals surface area contributed by atoms with Crippen molar-refractivity contribution in [1.82, 2.24) is 20.5 Å². The molecule has 0 aliphatic heterocycles. The van der Waals surface area contributed by atoms with Crippen molar-refractivity contribution in [3.8, 4) is 22.7 Å². The summed E-state index contributed by atoms with van der Waals surface area (Å²) in [7, 11) is 1.61. The van der Waals surface area contributed by atoms with Crippen LogP contribution in [-0.2, 0) is 4.79 Å². The molecule has 1 aromatic heterocycles. The molecule has 0 radical (unpaired) electrons. The van der Waals surface area contributed by atoms with Crippen LogP contribution in [0.1, 0.15) is 21.5 Å². The minimum absolute atomic E-state index is 0.196. The molecule has 0 aliphatic rings. The van der Waals surface area contributed by atoms with Crippen LogP contribution in [0.3, 0.4) is 0 Å². The van der Waals surface area contributed by atoms with Gasteiger partial charge in [-0.1, -0.05) is 35.9 Å². The molecule has 2 amide bonds. The SMILES string of the molecule is COc1ccc(-c2nn(-c3ccccc3)cc2/C=N/NC(=O)CNC(=O)c2cccc(C)c2)cc1. The fourth-order valence-corrected chi connectivity index (χ4v) is 3.43. The summed E-state index contributed by atoms with van der Waals surface area (Å²) in [4.78, 5) is 24.4. The number of carbonyl (C=O) groups excluding carboxylic acids is 2. The van der Waals surface area contributed by atoms with Crippen molar-refractivity contribution in [2.75, 3.05) is 13.7 Å². The van der Waals surface area contributed by atoms with Crippen LogP contribution < -0.4 is 15.5 Å². The second kappa shape index (κ2) is 10.9. The predicted molar refractivity (Wildman–Crippen MR) is 135 cm³/mol. The Morgan fingerprint density at radius 3 is 2.51 bits per heavy atom. The van der Waals surface area contributed by atoms with Crippen molar-refractivity contribution >= 4 is 18.0 Å². The maximum Gasteiger partial charge on any atom is 0.259 e. The number of para-hydroxylation sites is 1. The second-order valence-electron chi connectivity index (χ2n) is 7.79. The van der Waals surface area contributed by atoms with Crippen molar-refractivity contribution in [2.24, 2.45) is 5.10 Å². The third kappa shape index (κ3) is 6.00. The third-order valence-corrected chi connectivity index (χ3v) is 5.21. The zero-order valence-electron chi connectivity index (χ0n) is 19.4. The lowest BCUT2D eigenvalue weighted by atomic mass is 10.1. The molecule has 2 N–H and O–H groups in total. The molecule has 0 bridgehead atoms. The molecular formula is C27H25N5O3. The molecule has 0 saturated carbocycles. The van der Waals surface area contributed by atoms with E-state index in [0.29, 0.717) is 16.8 Å². The highest BCUT2D eigenvalue weighted by atomic mass is 16.5. The van der Waals surface area contributed by atoms with Gasteiger partial charge in [0.05, 0.1) is 25.6 Å². The van der Waals surface area contributed by atoms with Gasteiger partial charge in [-0.15, -0.1) is 0 Å². The van der Waals surface area contributed by atoms with Crippen LogP contribution in [0.2, 0.25) is 0 Å². The van der Waals surface area contributed by atoms with Crippen LogP contribution in [0.4, 0.5) is 0 Å². The second-order valence-corrected chi connectivity index (χ2v) is 7.79. The number of ether oxygens (including phenoxy) is 1. The molecular weight excluding hydrogens is 442 g/mol. The van der Waals surface area contributed by atoms with E-state index >= 15 is 0 Å². The summed E-state index contributed by atoms with van der Waals surface area (Å²) in [5.41, 5.74) is 7.10. The van der Waals surface area contributed by atoms with Gasteiger partial charge in [-0.25, -0.2) is 10.1 Å². The number of nitrogens with one attached hydrogen (secondary N) is 2. The number of hydrazone groups is 1. The number of nitrogens with zero attached hydrogens (tertiary/aromatic N) is 3. The van der Waals surface area contributed by atoms with Gasteiger partial charge >= 0.3 is 0 Å². The molecule has 1 heterocycles. The van der Waals surface area contributed by atoms with Crippen molar-refractivity contribution in [3.05, 3.63) is 102 Å². The highest BCUT2D eigenvalue weighted by molar-refractivity contribution is 5.96. The Hall–Kier alpha value is -4.72. The topological polar surface area (TPSA) is 97.6 Å². The molecule has 0 unspecified atom stereocenters. The maximum atomic E-state index is 12.2. The van der Waals surface area contributed by atoms with Crippen molar-refractivity contribution < 1.29 is 14.3 Å². The average Bonchev–Trinajstić information content (AvgIpc) is 3.32. The zero-order chi connectivity index (χ0) is 24.6. The number of methoxy groups -OCH3 is 1. The fourth-order valence-electron chi connectivity index (χ4n) is 3.43. The Labute approximate surface area is 203 Å². The third-order valence-electron chi connectivity index (χ3n) is 5.21. The Morgan fingerprint density at radius 2 is 1.80 bits per heavy atom. The minimum Gasteiger partial charge on any atom is -0.497 e. The fraction of sp³-hybridized carbons (Fsp3) is 0.111. The van der Waals surface area contributed by atoms with E-state index in [1.165, 1.54) is 6.21 Å². The van der Waals surface area contributed by atoms with Gasteiger partial charge in [0.25, 0.3) is 11.8 Å². The molecule has 3 aromatic carbocycles. The lowest BCUT2D eigenvalue weighted by Crippen LogP contribution is -2.34. The van der Waals surface area contributed by atoms with Crippen LogP contribution in [0, 0.1) is 6.92 Å². The van der Waals surface area contributed by atoms with E-state index in [2.05, 4.69) is 15.8 Å². The highest BCUT2D eigenvalue weighted by Crippen LogP contribution is 2.25. The van der Waals surface area contributed by atoms with Crippen LogP contribution in [0.15, 0.2) is 90.2 Å². The summed E-state index contributed by atoms with van der Waals surface area (Å²) in [6, 6.07) is 24.4. The molecule has 176 valence electrons. The summed E-state index contributed by atoms with van der Waals surface area (Å²) < 4.78 is 7.00.